The number of phosphoric ester groups is 1. The molecule has 2 rings (SSSR count). The summed E-state index contributed by atoms with van der Waals surface area (Å²) < 4.78 is 29.3. The molecule has 0 amide bonds. The number of phosphoric acid groups is 2. The van der Waals surface area contributed by atoms with Crippen molar-refractivity contribution >= 4 is 21.3 Å². The molecule has 0 fully saturated rings. The predicted molar refractivity (Wildman–Crippen MR) is 123 cm³/mol. The summed E-state index contributed by atoms with van der Waals surface area (Å²) in [7, 11) is -10.8. The van der Waals surface area contributed by atoms with E-state index in [2.05, 4.69) is 44.5 Å². The van der Waals surface area contributed by atoms with Crippen molar-refractivity contribution in [3.05, 3.63) is 89.0 Å². The first kappa shape index (κ1) is 27.2. The van der Waals surface area contributed by atoms with E-state index in [-0.39, 0.29) is 0 Å². The lowest BCUT2D eigenvalue weighted by atomic mass is 10.0. The number of rotatable bonds is 13. The minimum Gasteiger partial charge on any atom is -0.790 e. The molecule has 0 aliphatic rings. The van der Waals surface area contributed by atoms with Crippen molar-refractivity contribution in [1.29, 1.82) is 0 Å². The lowest BCUT2D eigenvalue weighted by Crippen LogP contribution is -2.19. The molecule has 0 saturated carbocycles. The van der Waals surface area contributed by atoms with E-state index in [4.69, 9.17) is 0 Å². The number of allylic oxidation sites excluding steroid dienone is 2. The van der Waals surface area contributed by atoms with Gasteiger partial charge >= 0.3 is 0 Å². The number of nitrogens with one attached hydrogen (secondary N) is 1. The monoisotopic (exact) mass is 492 g/mol. The van der Waals surface area contributed by atoms with Crippen LogP contribution in [0, 0.1) is 0 Å². The molecule has 0 spiro atoms. The zero-order valence-electron chi connectivity index (χ0n) is 18.6. The first-order chi connectivity index (χ1) is 15.5. The Morgan fingerprint density at radius 2 is 1.64 bits per heavy atom. The van der Waals surface area contributed by atoms with Gasteiger partial charge in [0.2, 0.25) is 0 Å². The molecular weight excluding hydrogens is 464 g/mol. The highest BCUT2D eigenvalue weighted by Crippen LogP contribution is 2.50. The summed E-state index contributed by atoms with van der Waals surface area (Å²) in [5.74, 6) is 0. The van der Waals surface area contributed by atoms with Gasteiger partial charge in [-0.3, -0.25) is 8.88 Å². The van der Waals surface area contributed by atoms with Gasteiger partial charge in [-0.2, -0.15) is 0 Å². The van der Waals surface area contributed by atoms with Crippen LogP contribution < -0.4 is 20.0 Å². The van der Waals surface area contributed by atoms with Crippen LogP contribution in [0.2, 0.25) is 0 Å². The maximum Gasteiger partial charge on any atom is 0.272 e. The van der Waals surface area contributed by atoms with E-state index in [1.54, 1.807) is 6.92 Å². The van der Waals surface area contributed by atoms with Crippen LogP contribution in [-0.2, 0) is 24.4 Å². The van der Waals surface area contributed by atoms with E-state index < -0.39 is 22.3 Å². The van der Waals surface area contributed by atoms with E-state index in [0.717, 1.165) is 29.7 Å². The fourth-order valence-electron chi connectivity index (χ4n) is 3.00. The third-order valence-electron chi connectivity index (χ3n) is 4.65. The van der Waals surface area contributed by atoms with Crippen molar-refractivity contribution < 1.29 is 32.6 Å². The molecule has 0 aliphatic carbocycles. The average Bonchev–Trinajstić information content (AvgIpc) is 2.71. The zero-order chi connectivity index (χ0) is 24.3. The molecule has 0 aliphatic heterocycles. The largest absolute Gasteiger partial charge is 0.790 e. The molecule has 2 aromatic carbocycles. The fourth-order valence-corrected chi connectivity index (χ4v) is 4.43. The van der Waals surface area contributed by atoms with Gasteiger partial charge in [-0.1, -0.05) is 65.8 Å². The summed E-state index contributed by atoms with van der Waals surface area (Å²) in [4.78, 5) is 31.9. The fraction of sp³-hybridized carbons (Fsp3) is 0.304. The molecule has 10 heteroatoms. The second-order valence-electron chi connectivity index (χ2n) is 7.63. The van der Waals surface area contributed by atoms with Gasteiger partial charge in [-0.05, 0) is 56.4 Å². The van der Waals surface area contributed by atoms with Crippen molar-refractivity contribution in [2.45, 2.75) is 33.1 Å². The molecule has 0 bridgehead atoms. The van der Waals surface area contributed by atoms with Crippen LogP contribution in [0.25, 0.3) is 0 Å². The van der Waals surface area contributed by atoms with E-state index in [1.807, 2.05) is 37.3 Å². The maximum absolute atomic E-state index is 11.2. The molecule has 1 unspecified atom stereocenters. The Morgan fingerprint density at radius 1 is 0.939 bits per heavy atom. The van der Waals surface area contributed by atoms with Crippen LogP contribution in [0.15, 0.2) is 77.9 Å². The van der Waals surface area contributed by atoms with Crippen LogP contribution >= 0.6 is 15.6 Å². The second kappa shape index (κ2) is 13.0. The van der Waals surface area contributed by atoms with Crippen molar-refractivity contribution in [3.8, 4) is 0 Å². The van der Waals surface area contributed by atoms with Crippen molar-refractivity contribution in [3.63, 3.8) is 0 Å². The molecule has 0 aromatic heterocycles. The van der Waals surface area contributed by atoms with Crippen LogP contribution in [0.3, 0.4) is 0 Å². The van der Waals surface area contributed by atoms with Gasteiger partial charge < -0.3 is 29.1 Å². The van der Waals surface area contributed by atoms with E-state index in [0.29, 0.717) is 13.0 Å². The first-order valence-electron chi connectivity index (χ1n) is 10.4. The van der Waals surface area contributed by atoms with Gasteiger partial charge in [0.05, 0.1) is 14.4 Å². The Balaban J connectivity index is 1.75. The Labute approximate surface area is 194 Å². The molecule has 1 N–H and O–H groups in total. The third kappa shape index (κ3) is 12.1. The van der Waals surface area contributed by atoms with Gasteiger partial charge in [-0.15, -0.1) is 0 Å². The van der Waals surface area contributed by atoms with Gasteiger partial charge in [0, 0.05) is 12.2 Å². The second-order valence-corrected chi connectivity index (χ2v) is 10.3. The van der Waals surface area contributed by atoms with Crippen molar-refractivity contribution in [2.24, 2.45) is 0 Å². The molecule has 180 valence electrons. The molecule has 8 nitrogen and oxygen atoms in total. The Bertz CT molecular complexity index is 1050. The molecular formula is C23H28NO7P2-3. The topological polar surface area (TPSA) is 134 Å². The number of benzene rings is 2. The Kier molecular flexibility index (Phi) is 10.7. The molecule has 0 radical (unpaired) electrons. The van der Waals surface area contributed by atoms with Gasteiger partial charge in [0.25, 0.3) is 7.82 Å². The zero-order valence-corrected chi connectivity index (χ0v) is 20.4. The number of anilines is 1. The predicted octanol–water partition coefficient (Wildman–Crippen LogP) is 3.69. The SMILES string of the molecule is C/C(=C\COP(=O)([O-])OP(=O)([O-])[O-])CC/C=C(\C)CNc1cccc(Cc2ccccc2)c1. The standard InChI is InChI=1S/C23H31NO7P2/c1-19(14-15-30-33(28,29)31-32(25,26)27)8-6-9-20(2)18-24-23-13-7-12-22(17-23)16-21-10-4-3-5-11-21/h3-5,7,9-14,17,24H,6,8,15-16,18H2,1-2H3,(H,28,29)(H2,25,26,27)/p-3/b19-14+,20-9+. The summed E-state index contributed by atoms with van der Waals surface area (Å²) >= 11 is 0. The Hall–Kier alpha value is -2.02. The van der Waals surface area contributed by atoms with Crippen molar-refractivity contribution in [2.75, 3.05) is 18.5 Å². The normalized spacial score (nSPS) is 14.7. The summed E-state index contributed by atoms with van der Waals surface area (Å²) in [6, 6.07) is 18.6. The first-order valence-corrected chi connectivity index (χ1v) is 13.3. The smallest absolute Gasteiger partial charge is 0.272 e. The van der Waals surface area contributed by atoms with Crippen LogP contribution in [0.5, 0.6) is 0 Å². The summed E-state index contributed by atoms with van der Waals surface area (Å²) in [6.45, 7) is 4.11. The summed E-state index contributed by atoms with van der Waals surface area (Å²) in [5.41, 5.74) is 5.56. The van der Waals surface area contributed by atoms with Crippen LogP contribution in [0.1, 0.15) is 37.8 Å². The highest BCUT2D eigenvalue weighted by atomic mass is 31.3. The van der Waals surface area contributed by atoms with E-state index >= 15 is 0 Å². The highest BCUT2D eigenvalue weighted by molar-refractivity contribution is 7.58. The van der Waals surface area contributed by atoms with Crippen molar-refractivity contribution in [1.82, 2.24) is 0 Å². The molecule has 0 saturated heterocycles. The molecule has 1 atom stereocenters. The lowest BCUT2D eigenvalue weighted by molar-refractivity contribution is -0.339. The van der Waals surface area contributed by atoms with Crippen LogP contribution in [-0.4, -0.2) is 13.2 Å². The van der Waals surface area contributed by atoms with Crippen LogP contribution in [0.4, 0.5) is 5.69 Å². The lowest BCUT2D eigenvalue weighted by Gasteiger charge is -2.34. The molecule has 0 heterocycles. The van der Waals surface area contributed by atoms with Gasteiger partial charge in [0.1, 0.15) is 0 Å². The Morgan fingerprint density at radius 3 is 2.33 bits per heavy atom. The van der Waals surface area contributed by atoms with Gasteiger partial charge in [0.15, 0.2) is 0 Å². The van der Waals surface area contributed by atoms with Gasteiger partial charge in [-0.25, -0.2) is 0 Å². The highest BCUT2D eigenvalue weighted by Gasteiger charge is 2.10. The number of hydrogen-bond acceptors (Lipinski definition) is 8. The average molecular weight is 492 g/mol. The quantitative estimate of drug-likeness (QED) is 0.331. The summed E-state index contributed by atoms with van der Waals surface area (Å²) in [6.07, 6.45) is 5.87. The third-order valence-corrected chi connectivity index (χ3v) is 6.71. The van der Waals surface area contributed by atoms with E-state index in [9.17, 15) is 23.8 Å². The molecule has 33 heavy (non-hydrogen) atoms. The minimum absolute atomic E-state index is 0.407. The van der Waals surface area contributed by atoms with E-state index in [1.165, 1.54) is 17.2 Å². The molecule has 2 aromatic rings. The minimum atomic E-state index is -5.66. The maximum atomic E-state index is 11.2. The number of hydrogen-bond donors (Lipinski definition) is 1. The summed E-state index contributed by atoms with van der Waals surface area (Å²) in [5, 5.41) is 3.42.